The number of hydrogen-bond acceptors (Lipinski definition) is 8. The van der Waals surface area contributed by atoms with E-state index in [1.54, 1.807) is 6.20 Å². The number of halogens is 2. The predicted octanol–water partition coefficient (Wildman–Crippen LogP) is 2.53. The van der Waals surface area contributed by atoms with E-state index in [0.717, 1.165) is 49.6 Å². The Bertz CT molecular complexity index is 935. The van der Waals surface area contributed by atoms with Crippen molar-refractivity contribution in [3.63, 3.8) is 0 Å². The molecular formula is C19H23Cl2N7O. The molecule has 154 valence electrons. The summed E-state index contributed by atoms with van der Waals surface area (Å²) < 4.78 is 5.82. The molecule has 0 amide bonds. The lowest BCUT2D eigenvalue weighted by Gasteiger charge is -2.41. The van der Waals surface area contributed by atoms with Crippen LogP contribution < -0.4 is 21.5 Å². The maximum atomic E-state index is 6.42. The van der Waals surface area contributed by atoms with E-state index in [9.17, 15) is 0 Å². The quantitative estimate of drug-likeness (QED) is 0.618. The summed E-state index contributed by atoms with van der Waals surface area (Å²) in [6.07, 6.45) is 5.57. The van der Waals surface area contributed by atoms with E-state index in [4.69, 9.17) is 38.7 Å². The number of nitrogens with zero attached hydrogens (tertiary/aromatic N) is 4. The molecule has 2 fully saturated rings. The van der Waals surface area contributed by atoms with E-state index < -0.39 is 0 Å². The van der Waals surface area contributed by atoms with Crippen LogP contribution in [-0.4, -0.2) is 46.8 Å². The van der Waals surface area contributed by atoms with E-state index in [1.807, 2.05) is 12.3 Å². The van der Waals surface area contributed by atoms with E-state index in [-0.39, 0.29) is 28.8 Å². The topological polar surface area (TPSA) is 101 Å². The minimum absolute atomic E-state index is 0.0857. The van der Waals surface area contributed by atoms with E-state index in [2.05, 4.69) is 32.6 Å². The van der Waals surface area contributed by atoms with Crippen molar-refractivity contribution in [1.29, 1.82) is 0 Å². The number of nitrogens with two attached hydrogens (primary N) is 1. The lowest BCUT2D eigenvalue weighted by atomic mass is 9.73. The molecular weight excluding hydrogens is 413 g/mol. The lowest BCUT2D eigenvalue weighted by Crippen LogP contribution is -2.50. The van der Waals surface area contributed by atoms with Crippen LogP contribution in [0.2, 0.25) is 10.2 Å². The van der Waals surface area contributed by atoms with Gasteiger partial charge in [-0.2, -0.15) is 0 Å². The van der Waals surface area contributed by atoms with Crippen molar-refractivity contribution in [2.75, 3.05) is 30.0 Å². The van der Waals surface area contributed by atoms with Crippen molar-refractivity contribution >= 4 is 34.8 Å². The summed E-state index contributed by atoms with van der Waals surface area (Å²) in [5.41, 5.74) is 14.4. The number of anilines is 2. The zero-order valence-corrected chi connectivity index (χ0v) is 17.5. The van der Waals surface area contributed by atoms with Crippen LogP contribution in [-0.2, 0) is 4.74 Å². The molecule has 29 heavy (non-hydrogen) atoms. The molecule has 0 saturated carbocycles. The summed E-state index contributed by atoms with van der Waals surface area (Å²) in [7, 11) is 0. The Morgan fingerprint density at radius 2 is 2.07 bits per heavy atom. The van der Waals surface area contributed by atoms with Crippen molar-refractivity contribution in [3.8, 4) is 0 Å². The first-order valence-electron chi connectivity index (χ1n) is 9.79. The van der Waals surface area contributed by atoms with Gasteiger partial charge in [-0.1, -0.05) is 23.2 Å². The van der Waals surface area contributed by atoms with E-state index >= 15 is 0 Å². The van der Waals surface area contributed by atoms with Gasteiger partial charge in [0, 0.05) is 36.3 Å². The summed E-state index contributed by atoms with van der Waals surface area (Å²) in [6.45, 7) is 4.59. The van der Waals surface area contributed by atoms with Gasteiger partial charge in [0.25, 0.3) is 0 Å². The molecule has 3 aliphatic heterocycles. The van der Waals surface area contributed by atoms with Gasteiger partial charge >= 0.3 is 0 Å². The average molecular weight is 436 g/mol. The van der Waals surface area contributed by atoms with Gasteiger partial charge in [-0.05, 0) is 25.8 Å². The van der Waals surface area contributed by atoms with Crippen molar-refractivity contribution in [2.24, 2.45) is 11.1 Å². The number of rotatable bonds is 2. The molecule has 2 aromatic rings. The van der Waals surface area contributed by atoms with Gasteiger partial charge < -0.3 is 20.8 Å². The molecule has 2 aromatic heterocycles. The molecule has 0 aliphatic carbocycles. The summed E-state index contributed by atoms with van der Waals surface area (Å²) >= 11 is 12.4. The molecule has 0 radical (unpaired) electrons. The van der Waals surface area contributed by atoms with Crippen molar-refractivity contribution in [2.45, 2.75) is 38.0 Å². The Morgan fingerprint density at radius 1 is 1.28 bits per heavy atom. The number of hydrogen-bond donors (Lipinski definition) is 3. The SMILES string of the molecule is C[C@@H]1OCC2(CCN(c3cnc4c(n3)NNC4c3ccnc(Cl)c3Cl)CC2)[C@@H]1N. The summed E-state index contributed by atoms with van der Waals surface area (Å²) in [5.74, 6) is 1.55. The fourth-order valence-electron chi connectivity index (χ4n) is 4.59. The van der Waals surface area contributed by atoms with Crippen LogP contribution in [0.3, 0.4) is 0 Å². The van der Waals surface area contributed by atoms with Gasteiger partial charge in [-0.15, -0.1) is 0 Å². The van der Waals surface area contributed by atoms with Gasteiger partial charge in [-0.3, -0.25) is 4.98 Å². The Balaban J connectivity index is 1.34. The maximum absolute atomic E-state index is 6.42. The van der Waals surface area contributed by atoms with E-state index in [1.165, 1.54) is 0 Å². The Hall–Kier alpha value is -1.71. The first kappa shape index (κ1) is 19.3. The third-order valence-electron chi connectivity index (χ3n) is 6.51. The van der Waals surface area contributed by atoms with Crippen LogP contribution in [0.15, 0.2) is 18.5 Å². The Morgan fingerprint density at radius 3 is 2.79 bits per heavy atom. The third kappa shape index (κ3) is 3.14. The van der Waals surface area contributed by atoms with Gasteiger partial charge in [0.15, 0.2) is 5.82 Å². The molecule has 3 aliphatic rings. The van der Waals surface area contributed by atoms with Crippen LogP contribution in [0.1, 0.15) is 37.1 Å². The molecule has 4 N–H and O–H groups in total. The fourth-order valence-corrected chi connectivity index (χ4v) is 4.97. The first-order valence-corrected chi connectivity index (χ1v) is 10.5. The van der Waals surface area contributed by atoms with Crippen LogP contribution in [0, 0.1) is 5.41 Å². The first-order chi connectivity index (χ1) is 14.0. The van der Waals surface area contributed by atoms with Crippen molar-refractivity contribution in [3.05, 3.63) is 39.9 Å². The number of hydrazine groups is 1. The monoisotopic (exact) mass is 435 g/mol. The highest BCUT2D eigenvalue weighted by atomic mass is 35.5. The zero-order chi connectivity index (χ0) is 20.2. The Kier molecular flexibility index (Phi) is 4.79. The van der Waals surface area contributed by atoms with Gasteiger partial charge in [0.1, 0.15) is 16.7 Å². The van der Waals surface area contributed by atoms with Gasteiger partial charge in [0.2, 0.25) is 0 Å². The standard InChI is InChI=1S/C19H23Cl2N7O/c1-10-16(22)19(9-29-10)3-6-28(7-4-19)12-8-24-15-14(26-27-18(15)25-12)11-2-5-23-17(21)13(11)20/h2,5,8,10,14,16,26H,3-4,6-7,9,22H2,1H3,(H,25,27)/t10-,14?,16+/m0/s1. The zero-order valence-electron chi connectivity index (χ0n) is 16.0. The number of pyridine rings is 1. The van der Waals surface area contributed by atoms with Crippen molar-refractivity contribution < 1.29 is 4.74 Å². The van der Waals surface area contributed by atoms with Crippen LogP contribution in [0.4, 0.5) is 11.6 Å². The highest BCUT2D eigenvalue weighted by Gasteiger charge is 2.47. The predicted molar refractivity (Wildman–Crippen MR) is 112 cm³/mol. The largest absolute Gasteiger partial charge is 0.376 e. The molecule has 1 unspecified atom stereocenters. The van der Waals surface area contributed by atoms with Crippen LogP contribution in [0.25, 0.3) is 0 Å². The lowest BCUT2D eigenvalue weighted by molar-refractivity contribution is 0.0974. The molecule has 2 saturated heterocycles. The second-order valence-electron chi connectivity index (χ2n) is 8.06. The number of ether oxygens (including phenoxy) is 1. The fraction of sp³-hybridized carbons (Fsp3) is 0.526. The molecule has 10 heteroatoms. The molecule has 0 aromatic carbocycles. The molecule has 1 spiro atoms. The number of nitrogens with one attached hydrogen (secondary N) is 2. The maximum Gasteiger partial charge on any atom is 0.166 e. The molecule has 0 bridgehead atoms. The Labute approximate surface area is 179 Å². The second kappa shape index (κ2) is 7.21. The molecule has 5 rings (SSSR count). The van der Waals surface area contributed by atoms with Gasteiger partial charge in [0.05, 0.1) is 30.0 Å². The normalized spacial score (nSPS) is 27.9. The number of piperidine rings is 1. The number of fused-ring (bicyclic) bond motifs is 1. The van der Waals surface area contributed by atoms with E-state index in [0.29, 0.717) is 10.8 Å². The summed E-state index contributed by atoms with van der Waals surface area (Å²) in [4.78, 5) is 15.7. The third-order valence-corrected chi connectivity index (χ3v) is 7.29. The second-order valence-corrected chi connectivity index (χ2v) is 8.80. The molecule has 5 heterocycles. The average Bonchev–Trinajstić information content (AvgIpc) is 3.27. The highest BCUT2D eigenvalue weighted by molar-refractivity contribution is 6.41. The number of aromatic nitrogens is 3. The van der Waals surface area contributed by atoms with Crippen LogP contribution in [0.5, 0.6) is 0 Å². The molecule has 8 nitrogen and oxygen atoms in total. The summed E-state index contributed by atoms with van der Waals surface area (Å²) in [5, 5.41) is 0.688. The summed E-state index contributed by atoms with van der Waals surface area (Å²) in [6, 6.07) is 1.69. The minimum atomic E-state index is -0.237. The minimum Gasteiger partial charge on any atom is -0.376 e. The highest BCUT2D eigenvalue weighted by Crippen LogP contribution is 2.42. The van der Waals surface area contributed by atoms with Crippen molar-refractivity contribution in [1.82, 2.24) is 20.4 Å². The van der Waals surface area contributed by atoms with Gasteiger partial charge in [-0.25, -0.2) is 15.4 Å². The molecule has 3 atom stereocenters. The van der Waals surface area contributed by atoms with Crippen LogP contribution >= 0.6 is 23.2 Å². The smallest absolute Gasteiger partial charge is 0.166 e.